The first-order chi connectivity index (χ1) is 10.1. The lowest BCUT2D eigenvalue weighted by Crippen LogP contribution is -2.08. The molecular weight excluding hydrogens is 277 g/mol. The van der Waals surface area contributed by atoms with Crippen molar-refractivity contribution in [3.8, 4) is 0 Å². The highest BCUT2D eigenvalue weighted by Crippen LogP contribution is 2.16. The van der Waals surface area contributed by atoms with Crippen LogP contribution in [0.15, 0.2) is 15.0 Å². The van der Waals surface area contributed by atoms with Crippen molar-refractivity contribution in [3.63, 3.8) is 0 Å². The van der Waals surface area contributed by atoms with Gasteiger partial charge in [0.05, 0.1) is 18.5 Å². The van der Waals surface area contributed by atoms with Crippen molar-refractivity contribution in [1.29, 1.82) is 0 Å². The van der Waals surface area contributed by atoms with Crippen molar-refractivity contribution in [2.24, 2.45) is 0 Å². The highest BCUT2D eigenvalue weighted by Gasteiger charge is 2.08. The number of nitrogens with zero attached hydrogens (tertiary/aromatic N) is 3. The van der Waals surface area contributed by atoms with Gasteiger partial charge in [-0.05, 0) is 13.0 Å². The fourth-order valence-corrected chi connectivity index (χ4v) is 1.59. The second-order valence-corrected chi connectivity index (χ2v) is 4.58. The molecule has 0 atom stereocenters. The van der Waals surface area contributed by atoms with Crippen LogP contribution in [0.2, 0.25) is 0 Å². The lowest BCUT2D eigenvalue weighted by Gasteiger charge is -2.03. The second-order valence-electron chi connectivity index (χ2n) is 4.58. The molecule has 0 fully saturated rings. The number of ether oxygens (including phenoxy) is 1. The molecule has 21 heavy (non-hydrogen) atoms. The van der Waals surface area contributed by atoms with Crippen LogP contribution in [0, 0.1) is 6.92 Å². The molecule has 0 bridgehead atoms. The summed E-state index contributed by atoms with van der Waals surface area (Å²) >= 11 is 0. The Morgan fingerprint density at radius 2 is 2.14 bits per heavy atom. The largest absolute Gasteiger partial charge is 0.439 e. The third kappa shape index (κ3) is 4.16. The number of halogens is 1. The fourth-order valence-electron chi connectivity index (χ4n) is 1.59. The molecule has 0 aromatic carbocycles. The van der Waals surface area contributed by atoms with E-state index >= 15 is 0 Å². The Kier molecular flexibility index (Phi) is 5.10. The highest BCUT2D eigenvalue weighted by atomic mass is 19.1. The van der Waals surface area contributed by atoms with Crippen molar-refractivity contribution in [3.05, 3.63) is 29.3 Å². The van der Waals surface area contributed by atoms with Gasteiger partial charge in [-0.3, -0.25) is 0 Å². The molecule has 2 aromatic rings. The molecule has 0 spiro atoms. The molecular formula is C14H18FN3O3. The van der Waals surface area contributed by atoms with Crippen LogP contribution in [0.1, 0.15) is 23.1 Å². The maximum atomic E-state index is 12.0. The molecule has 0 N–H and O–H groups in total. The van der Waals surface area contributed by atoms with Gasteiger partial charge in [-0.15, -0.1) is 0 Å². The zero-order valence-corrected chi connectivity index (χ0v) is 12.3. The van der Waals surface area contributed by atoms with E-state index in [1.54, 1.807) is 23.2 Å². The normalized spacial score (nSPS) is 11.4. The van der Waals surface area contributed by atoms with Crippen LogP contribution in [0.5, 0.6) is 0 Å². The van der Waals surface area contributed by atoms with Crippen LogP contribution in [0.3, 0.4) is 0 Å². The number of alkyl halides is 1. The highest BCUT2D eigenvalue weighted by molar-refractivity contribution is 5.63. The lowest BCUT2D eigenvalue weighted by molar-refractivity contribution is 0.0929. The summed E-state index contributed by atoms with van der Waals surface area (Å²) in [7, 11) is 3.70. The summed E-state index contributed by atoms with van der Waals surface area (Å²) in [5.41, 5.74) is 0.722. The SMILES string of the molecule is Cc1nc(/C=C/c2cnc(N(C)C)o2)oc1COCCF. The number of hydrogen-bond acceptors (Lipinski definition) is 6. The number of anilines is 1. The molecule has 0 saturated carbocycles. The van der Waals surface area contributed by atoms with Crippen molar-refractivity contribution in [1.82, 2.24) is 9.97 Å². The molecule has 0 aliphatic rings. The summed E-state index contributed by atoms with van der Waals surface area (Å²) < 4.78 is 28.0. The zero-order valence-electron chi connectivity index (χ0n) is 12.3. The van der Waals surface area contributed by atoms with Crippen LogP contribution in [0.25, 0.3) is 12.2 Å². The summed E-state index contributed by atoms with van der Waals surface area (Å²) in [4.78, 5) is 10.1. The quantitative estimate of drug-likeness (QED) is 0.732. The van der Waals surface area contributed by atoms with Gasteiger partial charge in [-0.2, -0.15) is 0 Å². The predicted molar refractivity (Wildman–Crippen MR) is 76.6 cm³/mol. The van der Waals surface area contributed by atoms with Crippen molar-refractivity contribution in [2.45, 2.75) is 13.5 Å². The molecule has 6 nitrogen and oxygen atoms in total. The fraction of sp³-hybridized carbons (Fsp3) is 0.429. The van der Waals surface area contributed by atoms with Gasteiger partial charge < -0.3 is 18.5 Å². The molecule has 2 aromatic heterocycles. The topological polar surface area (TPSA) is 64.5 Å². The van der Waals surface area contributed by atoms with E-state index in [0.717, 1.165) is 5.69 Å². The summed E-state index contributed by atoms with van der Waals surface area (Å²) in [6.07, 6.45) is 5.02. The van der Waals surface area contributed by atoms with Crippen molar-refractivity contribution >= 4 is 18.2 Å². The van der Waals surface area contributed by atoms with E-state index in [4.69, 9.17) is 13.6 Å². The Labute approximate surface area is 122 Å². The Balaban J connectivity index is 2.01. The van der Waals surface area contributed by atoms with E-state index in [9.17, 15) is 4.39 Å². The van der Waals surface area contributed by atoms with Crippen LogP contribution in [-0.2, 0) is 11.3 Å². The molecule has 114 valence electrons. The van der Waals surface area contributed by atoms with Gasteiger partial charge in [0.25, 0.3) is 6.01 Å². The average Bonchev–Trinajstić information content (AvgIpc) is 3.04. The van der Waals surface area contributed by atoms with Crippen molar-refractivity contribution in [2.75, 3.05) is 32.3 Å². The molecule has 2 rings (SSSR count). The second kappa shape index (κ2) is 7.03. The van der Waals surface area contributed by atoms with Gasteiger partial charge in [-0.1, -0.05) is 0 Å². The Hall–Kier alpha value is -2.15. The molecule has 0 unspecified atom stereocenters. The predicted octanol–water partition coefficient (Wildman–Crippen LogP) is 2.69. The molecule has 0 saturated heterocycles. The molecule has 2 heterocycles. The van der Waals surface area contributed by atoms with E-state index in [1.165, 1.54) is 0 Å². The minimum atomic E-state index is -0.514. The van der Waals surface area contributed by atoms with Crippen molar-refractivity contribution < 1.29 is 18.0 Å². The van der Waals surface area contributed by atoms with E-state index in [0.29, 0.717) is 23.4 Å². The summed E-state index contributed by atoms with van der Waals surface area (Å²) in [5, 5.41) is 0. The Morgan fingerprint density at radius 3 is 2.81 bits per heavy atom. The summed E-state index contributed by atoms with van der Waals surface area (Å²) in [5.74, 6) is 1.63. The molecule has 0 aliphatic carbocycles. The van der Waals surface area contributed by atoms with Gasteiger partial charge in [0, 0.05) is 20.2 Å². The van der Waals surface area contributed by atoms with Gasteiger partial charge in [0.15, 0.2) is 5.76 Å². The van der Waals surface area contributed by atoms with Crippen LogP contribution in [0.4, 0.5) is 10.4 Å². The monoisotopic (exact) mass is 295 g/mol. The van der Waals surface area contributed by atoms with Gasteiger partial charge in [-0.25, -0.2) is 14.4 Å². The van der Waals surface area contributed by atoms with Crippen LogP contribution < -0.4 is 4.90 Å². The summed E-state index contributed by atoms with van der Waals surface area (Å²) in [6, 6.07) is 0.526. The third-order valence-corrected chi connectivity index (χ3v) is 2.65. The first-order valence-corrected chi connectivity index (χ1v) is 6.51. The minimum Gasteiger partial charge on any atom is -0.439 e. The first-order valence-electron chi connectivity index (χ1n) is 6.51. The van der Waals surface area contributed by atoms with E-state index < -0.39 is 6.67 Å². The average molecular weight is 295 g/mol. The molecule has 7 heteroatoms. The number of aromatic nitrogens is 2. The van der Waals surface area contributed by atoms with Gasteiger partial charge in [0.2, 0.25) is 5.89 Å². The van der Waals surface area contributed by atoms with Gasteiger partial charge >= 0.3 is 0 Å². The number of rotatable bonds is 7. The number of oxazole rings is 2. The molecule has 0 amide bonds. The van der Waals surface area contributed by atoms with Crippen LogP contribution in [-0.4, -0.2) is 37.3 Å². The number of hydrogen-bond donors (Lipinski definition) is 0. The Morgan fingerprint density at radius 1 is 1.33 bits per heavy atom. The van der Waals surface area contributed by atoms with Crippen LogP contribution >= 0.6 is 0 Å². The number of aryl methyl sites for hydroxylation is 1. The maximum absolute atomic E-state index is 12.0. The summed E-state index contributed by atoms with van der Waals surface area (Å²) in [6.45, 7) is 1.56. The lowest BCUT2D eigenvalue weighted by atomic mass is 10.4. The third-order valence-electron chi connectivity index (χ3n) is 2.65. The standard InChI is InChI=1S/C14H18FN3O3/c1-10-12(9-19-7-6-15)21-13(17-10)5-4-11-8-16-14(20-11)18(2)3/h4-5,8H,6-7,9H2,1-3H3/b5-4+. The molecule has 0 aliphatic heterocycles. The van der Waals surface area contributed by atoms with E-state index in [1.807, 2.05) is 21.0 Å². The maximum Gasteiger partial charge on any atom is 0.297 e. The van der Waals surface area contributed by atoms with E-state index in [-0.39, 0.29) is 13.2 Å². The Bertz CT molecular complexity index is 604. The smallest absolute Gasteiger partial charge is 0.297 e. The minimum absolute atomic E-state index is 0.0523. The van der Waals surface area contributed by atoms with E-state index in [2.05, 4.69) is 9.97 Å². The first kappa shape index (κ1) is 15.2. The zero-order chi connectivity index (χ0) is 15.2. The molecule has 0 radical (unpaired) electrons. The van der Waals surface area contributed by atoms with Gasteiger partial charge in [0.1, 0.15) is 19.0 Å².